The molecule has 0 unspecified atom stereocenters. The first kappa shape index (κ1) is 15.8. The number of hydrogen-bond donors (Lipinski definition) is 1. The van der Waals surface area contributed by atoms with E-state index in [4.69, 9.17) is 9.15 Å². The van der Waals surface area contributed by atoms with Crippen molar-refractivity contribution in [3.63, 3.8) is 0 Å². The molecule has 0 spiro atoms. The second-order valence-electron chi connectivity index (χ2n) is 6.11. The molecule has 1 aliphatic heterocycles. The highest BCUT2D eigenvalue weighted by Gasteiger charge is 2.28. The highest BCUT2D eigenvalue weighted by atomic mass is 16.5. The quantitative estimate of drug-likeness (QED) is 0.941. The maximum Gasteiger partial charge on any atom is 0.317 e. The number of benzene rings is 1. The fourth-order valence-electron chi connectivity index (χ4n) is 3.02. The van der Waals surface area contributed by atoms with E-state index in [2.05, 4.69) is 10.3 Å². The van der Waals surface area contributed by atoms with E-state index < -0.39 is 0 Å². The van der Waals surface area contributed by atoms with Crippen LogP contribution in [0, 0.1) is 0 Å². The number of ether oxygens (including phenoxy) is 1. The lowest BCUT2D eigenvalue weighted by molar-refractivity contribution is 0.150. The minimum Gasteiger partial charge on any atom is -0.440 e. The van der Waals surface area contributed by atoms with Crippen LogP contribution >= 0.6 is 0 Å². The summed E-state index contributed by atoms with van der Waals surface area (Å²) in [5.41, 5.74) is 1.68. The van der Waals surface area contributed by atoms with Gasteiger partial charge in [0, 0.05) is 20.2 Å². The summed E-state index contributed by atoms with van der Waals surface area (Å²) in [5, 5.41) is 2.96. The average Bonchev–Trinajstić information content (AvgIpc) is 2.99. The van der Waals surface area contributed by atoms with E-state index in [1.54, 1.807) is 7.11 Å². The van der Waals surface area contributed by atoms with E-state index >= 15 is 0 Å². The van der Waals surface area contributed by atoms with Gasteiger partial charge in [0.15, 0.2) is 11.5 Å². The second-order valence-corrected chi connectivity index (χ2v) is 6.11. The number of oxazole rings is 1. The van der Waals surface area contributed by atoms with E-state index in [-0.39, 0.29) is 18.0 Å². The Hall–Kier alpha value is -2.08. The first-order valence-corrected chi connectivity index (χ1v) is 8.07. The van der Waals surface area contributed by atoms with E-state index in [1.165, 1.54) is 0 Å². The van der Waals surface area contributed by atoms with Gasteiger partial charge in [-0.3, -0.25) is 0 Å². The van der Waals surface area contributed by atoms with Crippen molar-refractivity contribution in [2.45, 2.75) is 31.7 Å². The van der Waals surface area contributed by atoms with Crippen molar-refractivity contribution < 1.29 is 13.9 Å². The summed E-state index contributed by atoms with van der Waals surface area (Å²) in [6, 6.07) is 7.71. The number of rotatable bonds is 4. The number of para-hydroxylation sites is 2. The van der Waals surface area contributed by atoms with Crippen molar-refractivity contribution in [1.29, 1.82) is 0 Å². The maximum absolute atomic E-state index is 12.3. The van der Waals surface area contributed by atoms with Crippen LogP contribution in [0.2, 0.25) is 0 Å². The van der Waals surface area contributed by atoms with Crippen molar-refractivity contribution in [3.05, 3.63) is 30.2 Å². The van der Waals surface area contributed by atoms with Crippen molar-refractivity contribution in [1.82, 2.24) is 15.2 Å². The number of amides is 2. The lowest BCUT2D eigenvalue weighted by Gasteiger charge is -2.32. The smallest absolute Gasteiger partial charge is 0.317 e. The molecular formula is C17H23N3O3. The summed E-state index contributed by atoms with van der Waals surface area (Å²) in [6.45, 7) is 3.85. The third kappa shape index (κ3) is 3.64. The van der Waals surface area contributed by atoms with Gasteiger partial charge in [0.05, 0.1) is 18.6 Å². The summed E-state index contributed by atoms with van der Waals surface area (Å²) in [5.74, 6) is 0.883. The molecular weight excluding hydrogens is 294 g/mol. The molecule has 1 aliphatic rings. The van der Waals surface area contributed by atoms with Crippen LogP contribution in [-0.4, -0.2) is 48.8 Å². The van der Waals surface area contributed by atoms with Crippen LogP contribution in [0.15, 0.2) is 28.7 Å². The summed E-state index contributed by atoms with van der Waals surface area (Å²) in [7, 11) is 1.63. The first-order chi connectivity index (χ1) is 11.2. The van der Waals surface area contributed by atoms with Gasteiger partial charge in [0.2, 0.25) is 0 Å². The second kappa shape index (κ2) is 7.00. The normalized spacial score (nSPS) is 19.7. The first-order valence-electron chi connectivity index (χ1n) is 8.07. The Bertz CT molecular complexity index is 637. The molecule has 3 rings (SSSR count). The lowest BCUT2D eigenvalue weighted by Crippen LogP contribution is -2.48. The number of piperidine rings is 1. The van der Waals surface area contributed by atoms with E-state index in [9.17, 15) is 4.79 Å². The Kier molecular flexibility index (Phi) is 4.81. The molecule has 124 valence electrons. The number of fused-ring (bicyclic) bond motifs is 1. The maximum atomic E-state index is 12.3. The lowest BCUT2D eigenvalue weighted by atomic mass is 9.98. The predicted molar refractivity (Wildman–Crippen MR) is 87.4 cm³/mol. The van der Waals surface area contributed by atoms with Crippen LogP contribution in [0.3, 0.4) is 0 Å². The monoisotopic (exact) mass is 317 g/mol. The molecule has 1 fully saturated rings. The van der Waals surface area contributed by atoms with E-state index in [0.29, 0.717) is 13.2 Å². The Morgan fingerprint density at radius 1 is 1.52 bits per heavy atom. The molecule has 6 heteroatoms. The number of aromatic nitrogens is 1. The van der Waals surface area contributed by atoms with Crippen LogP contribution in [0.4, 0.5) is 4.79 Å². The summed E-state index contributed by atoms with van der Waals surface area (Å²) in [4.78, 5) is 18.8. The topological polar surface area (TPSA) is 67.6 Å². The zero-order valence-corrected chi connectivity index (χ0v) is 13.6. The van der Waals surface area contributed by atoms with Crippen LogP contribution in [0.5, 0.6) is 0 Å². The van der Waals surface area contributed by atoms with Crippen molar-refractivity contribution in [2.24, 2.45) is 0 Å². The molecule has 1 aromatic heterocycles. The molecule has 1 aromatic carbocycles. The Balaban J connectivity index is 1.66. The molecule has 1 N–H and O–H groups in total. The van der Waals surface area contributed by atoms with Crippen LogP contribution in [-0.2, 0) is 4.74 Å². The third-order valence-corrected chi connectivity index (χ3v) is 4.15. The number of hydrogen-bond acceptors (Lipinski definition) is 4. The van der Waals surface area contributed by atoms with Crippen molar-refractivity contribution >= 4 is 17.1 Å². The fraction of sp³-hybridized carbons (Fsp3) is 0.529. The SMILES string of the molecule is COC[C@@H](C)NC(=O)N1CCC[C@H](c2nc3ccccc3o2)C1. The van der Waals surface area contributed by atoms with Crippen LogP contribution in [0.25, 0.3) is 11.1 Å². The van der Waals surface area contributed by atoms with Gasteiger partial charge in [-0.1, -0.05) is 12.1 Å². The van der Waals surface area contributed by atoms with Gasteiger partial charge in [0.1, 0.15) is 5.52 Å². The summed E-state index contributed by atoms with van der Waals surface area (Å²) in [6.07, 6.45) is 1.94. The van der Waals surface area contributed by atoms with Crippen LogP contribution in [0.1, 0.15) is 31.6 Å². The molecule has 2 aromatic rings. The zero-order chi connectivity index (χ0) is 16.2. The van der Waals surface area contributed by atoms with Gasteiger partial charge in [-0.25, -0.2) is 9.78 Å². The van der Waals surface area contributed by atoms with Gasteiger partial charge in [-0.05, 0) is 31.9 Å². The molecule has 2 amide bonds. The molecule has 0 saturated carbocycles. The van der Waals surface area contributed by atoms with Gasteiger partial charge in [-0.15, -0.1) is 0 Å². The van der Waals surface area contributed by atoms with Crippen LogP contribution < -0.4 is 5.32 Å². The molecule has 0 radical (unpaired) electrons. The molecule has 0 bridgehead atoms. The summed E-state index contributed by atoms with van der Waals surface area (Å²) < 4.78 is 10.9. The molecule has 2 atom stereocenters. The Morgan fingerprint density at radius 2 is 2.35 bits per heavy atom. The number of likely N-dealkylation sites (tertiary alicyclic amines) is 1. The van der Waals surface area contributed by atoms with Gasteiger partial charge < -0.3 is 19.4 Å². The van der Waals surface area contributed by atoms with Gasteiger partial charge in [-0.2, -0.15) is 0 Å². The fourth-order valence-corrected chi connectivity index (χ4v) is 3.02. The average molecular weight is 317 g/mol. The van der Waals surface area contributed by atoms with Crippen molar-refractivity contribution in [3.8, 4) is 0 Å². The molecule has 6 nitrogen and oxygen atoms in total. The van der Waals surface area contributed by atoms with Gasteiger partial charge >= 0.3 is 6.03 Å². The highest BCUT2D eigenvalue weighted by molar-refractivity contribution is 5.75. The molecule has 2 heterocycles. The minimum atomic E-state index is -0.0460. The number of urea groups is 1. The third-order valence-electron chi connectivity index (χ3n) is 4.15. The minimum absolute atomic E-state index is 0.00259. The standard InChI is InChI=1S/C17H23N3O3/c1-12(11-22-2)18-17(21)20-9-5-6-13(10-20)16-19-14-7-3-4-8-15(14)23-16/h3-4,7-8,12-13H,5-6,9-11H2,1-2H3,(H,18,21)/t12-,13+/m1/s1. The van der Waals surface area contributed by atoms with Crippen molar-refractivity contribution in [2.75, 3.05) is 26.8 Å². The largest absolute Gasteiger partial charge is 0.440 e. The predicted octanol–water partition coefficient (Wildman–Crippen LogP) is 2.75. The molecule has 0 aliphatic carbocycles. The summed E-state index contributed by atoms with van der Waals surface area (Å²) >= 11 is 0. The number of methoxy groups -OCH3 is 1. The highest BCUT2D eigenvalue weighted by Crippen LogP contribution is 2.28. The number of nitrogens with one attached hydrogen (secondary N) is 1. The number of nitrogens with zero attached hydrogens (tertiary/aromatic N) is 2. The molecule has 23 heavy (non-hydrogen) atoms. The van der Waals surface area contributed by atoms with E-state index in [1.807, 2.05) is 36.1 Å². The van der Waals surface area contributed by atoms with Gasteiger partial charge in [0.25, 0.3) is 0 Å². The zero-order valence-electron chi connectivity index (χ0n) is 13.6. The Labute approximate surface area is 135 Å². The molecule has 1 saturated heterocycles. The Morgan fingerprint density at radius 3 is 3.13 bits per heavy atom. The van der Waals surface area contributed by atoms with E-state index in [0.717, 1.165) is 36.4 Å². The number of carbonyl (C=O) groups excluding carboxylic acids is 1. The number of carbonyl (C=O) groups is 1.